The molecule has 1 aliphatic heterocycles. The van der Waals surface area contributed by atoms with Crippen LogP contribution in [0.1, 0.15) is 0 Å². The number of nitrogens with two attached hydrogens (primary N) is 1. The third-order valence-corrected chi connectivity index (χ3v) is 2.54. The standard InChI is InChI=1S/C11H14N2O2/c12-11(14)10-8-15-7-6-13(10)9-4-2-1-3-5-9/h1-5,10H,6-8H2,(H2,12,14). The smallest absolute Gasteiger partial charge is 0.242 e. The molecule has 4 heteroatoms. The quantitative estimate of drug-likeness (QED) is 0.761. The highest BCUT2D eigenvalue weighted by atomic mass is 16.5. The number of ether oxygens (including phenoxy) is 1. The summed E-state index contributed by atoms with van der Waals surface area (Å²) >= 11 is 0. The Morgan fingerprint density at radius 2 is 2.13 bits per heavy atom. The van der Waals surface area contributed by atoms with E-state index in [0.717, 1.165) is 5.69 Å². The van der Waals surface area contributed by atoms with Crippen molar-refractivity contribution in [3.63, 3.8) is 0 Å². The lowest BCUT2D eigenvalue weighted by molar-refractivity contribution is -0.121. The molecule has 1 fully saturated rings. The minimum absolute atomic E-state index is 0.335. The Morgan fingerprint density at radius 1 is 1.40 bits per heavy atom. The van der Waals surface area contributed by atoms with Crippen LogP contribution < -0.4 is 10.6 Å². The molecule has 4 nitrogen and oxygen atoms in total. The van der Waals surface area contributed by atoms with Gasteiger partial charge in [-0.1, -0.05) is 18.2 Å². The van der Waals surface area contributed by atoms with E-state index in [1.54, 1.807) is 0 Å². The predicted molar refractivity (Wildman–Crippen MR) is 57.6 cm³/mol. The topological polar surface area (TPSA) is 55.6 Å². The van der Waals surface area contributed by atoms with E-state index in [1.165, 1.54) is 0 Å². The minimum Gasteiger partial charge on any atom is -0.377 e. The van der Waals surface area contributed by atoms with Crippen LogP contribution in [0.3, 0.4) is 0 Å². The highest BCUT2D eigenvalue weighted by Crippen LogP contribution is 2.18. The Bertz CT molecular complexity index is 340. The molecule has 1 atom stereocenters. The monoisotopic (exact) mass is 206 g/mol. The van der Waals surface area contributed by atoms with Crippen molar-refractivity contribution in [2.24, 2.45) is 5.73 Å². The van der Waals surface area contributed by atoms with Crippen LogP contribution in [0, 0.1) is 0 Å². The Morgan fingerprint density at radius 3 is 2.80 bits per heavy atom. The molecule has 1 saturated heterocycles. The van der Waals surface area contributed by atoms with Crippen LogP contribution in [-0.4, -0.2) is 31.7 Å². The molecule has 1 aliphatic rings. The van der Waals surface area contributed by atoms with Gasteiger partial charge >= 0.3 is 0 Å². The summed E-state index contributed by atoms with van der Waals surface area (Å²) in [4.78, 5) is 13.2. The second-order valence-electron chi connectivity index (χ2n) is 3.52. The fraction of sp³-hybridized carbons (Fsp3) is 0.364. The van der Waals surface area contributed by atoms with Gasteiger partial charge in [-0.15, -0.1) is 0 Å². The van der Waals surface area contributed by atoms with Crippen LogP contribution in [0.2, 0.25) is 0 Å². The first-order chi connectivity index (χ1) is 7.29. The highest BCUT2D eigenvalue weighted by Gasteiger charge is 2.27. The minimum atomic E-state index is -0.346. The Kier molecular flexibility index (Phi) is 2.87. The zero-order valence-electron chi connectivity index (χ0n) is 8.43. The van der Waals surface area contributed by atoms with Gasteiger partial charge in [0.25, 0.3) is 0 Å². The number of hydrogen-bond donors (Lipinski definition) is 1. The summed E-state index contributed by atoms with van der Waals surface area (Å²) in [6, 6.07) is 9.44. The van der Waals surface area contributed by atoms with Gasteiger partial charge < -0.3 is 15.4 Å². The van der Waals surface area contributed by atoms with E-state index in [0.29, 0.717) is 19.8 Å². The zero-order chi connectivity index (χ0) is 10.7. The van der Waals surface area contributed by atoms with Crippen molar-refractivity contribution in [1.82, 2.24) is 0 Å². The number of para-hydroxylation sites is 1. The average Bonchev–Trinajstić information content (AvgIpc) is 2.30. The fourth-order valence-corrected chi connectivity index (χ4v) is 1.77. The van der Waals surface area contributed by atoms with Gasteiger partial charge in [0.2, 0.25) is 5.91 Å². The zero-order valence-corrected chi connectivity index (χ0v) is 8.43. The number of nitrogens with zero attached hydrogens (tertiary/aromatic N) is 1. The second kappa shape index (κ2) is 4.31. The lowest BCUT2D eigenvalue weighted by Gasteiger charge is -2.35. The van der Waals surface area contributed by atoms with E-state index in [2.05, 4.69) is 0 Å². The molecule has 1 aromatic rings. The lowest BCUT2D eigenvalue weighted by atomic mass is 10.2. The number of rotatable bonds is 2. The van der Waals surface area contributed by atoms with Crippen LogP contribution in [0.4, 0.5) is 5.69 Å². The molecule has 1 amide bonds. The fourth-order valence-electron chi connectivity index (χ4n) is 1.77. The molecule has 1 unspecified atom stereocenters. The molecular weight excluding hydrogens is 192 g/mol. The summed E-state index contributed by atoms with van der Waals surface area (Å²) in [6.45, 7) is 1.72. The lowest BCUT2D eigenvalue weighted by Crippen LogP contribution is -2.52. The van der Waals surface area contributed by atoms with Gasteiger partial charge in [-0.2, -0.15) is 0 Å². The maximum atomic E-state index is 11.2. The van der Waals surface area contributed by atoms with Gasteiger partial charge in [0.05, 0.1) is 13.2 Å². The van der Waals surface area contributed by atoms with E-state index < -0.39 is 0 Å². The van der Waals surface area contributed by atoms with Crippen LogP contribution in [-0.2, 0) is 9.53 Å². The van der Waals surface area contributed by atoms with Crippen LogP contribution in [0.15, 0.2) is 30.3 Å². The third kappa shape index (κ3) is 2.10. The summed E-state index contributed by atoms with van der Waals surface area (Å²) in [5, 5.41) is 0. The van der Waals surface area contributed by atoms with E-state index >= 15 is 0 Å². The van der Waals surface area contributed by atoms with Crippen molar-refractivity contribution in [2.75, 3.05) is 24.7 Å². The summed E-state index contributed by atoms with van der Waals surface area (Å²) in [5.41, 5.74) is 6.35. The molecule has 2 N–H and O–H groups in total. The highest BCUT2D eigenvalue weighted by molar-refractivity contribution is 5.84. The molecule has 0 bridgehead atoms. The van der Waals surface area contributed by atoms with Gasteiger partial charge in [0.15, 0.2) is 0 Å². The number of benzene rings is 1. The van der Waals surface area contributed by atoms with Crippen molar-refractivity contribution in [3.8, 4) is 0 Å². The van der Waals surface area contributed by atoms with Gasteiger partial charge in [-0.3, -0.25) is 4.79 Å². The van der Waals surface area contributed by atoms with E-state index in [1.807, 2.05) is 35.2 Å². The van der Waals surface area contributed by atoms with E-state index in [-0.39, 0.29) is 11.9 Å². The number of amides is 1. The first-order valence-corrected chi connectivity index (χ1v) is 4.98. The average molecular weight is 206 g/mol. The molecule has 80 valence electrons. The molecule has 15 heavy (non-hydrogen) atoms. The number of carbonyl (C=O) groups excluding carboxylic acids is 1. The van der Waals surface area contributed by atoms with Gasteiger partial charge in [-0.05, 0) is 12.1 Å². The number of hydrogen-bond acceptors (Lipinski definition) is 3. The molecule has 0 radical (unpaired) electrons. The van der Waals surface area contributed by atoms with Gasteiger partial charge in [0.1, 0.15) is 6.04 Å². The van der Waals surface area contributed by atoms with E-state index in [4.69, 9.17) is 10.5 Å². The maximum absolute atomic E-state index is 11.2. The number of primary amides is 1. The molecule has 0 aliphatic carbocycles. The first kappa shape index (κ1) is 9.98. The normalized spacial score (nSPS) is 21.3. The molecule has 2 rings (SSSR count). The molecule has 1 aromatic carbocycles. The largest absolute Gasteiger partial charge is 0.377 e. The summed E-state index contributed by atoms with van der Waals surface area (Å²) in [6.07, 6.45) is 0. The van der Waals surface area contributed by atoms with Crippen molar-refractivity contribution in [3.05, 3.63) is 30.3 Å². The second-order valence-corrected chi connectivity index (χ2v) is 3.52. The summed E-state index contributed by atoms with van der Waals surface area (Å²) < 4.78 is 5.25. The molecule has 0 saturated carbocycles. The molecule has 0 spiro atoms. The summed E-state index contributed by atoms with van der Waals surface area (Å²) in [7, 11) is 0. The van der Waals surface area contributed by atoms with Gasteiger partial charge in [-0.25, -0.2) is 0 Å². The molecule has 0 aromatic heterocycles. The van der Waals surface area contributed by atoms with Crippen molar-refractivity contribution < 1.29 is 9.53 Å². The third-order valence-electron chi connectivity index (χ3n) is 2.54. The molecular formula is C11H14N2O2. The summed E-state index contributed by atoms with van der Waals surface area (Å²) in [5.74, 6) is -0.335. The Labute approximate surface area is 88.6 Å². The van der Waals surface area contributed by atoms with Crippen LogP contribution >= 0.6 is 0 Å². The van der Waals surface area contributed by atoms with Crippen LogP contribution in [0.5, 0.6) is 0 Å². The first-order valence-electron chi connectivity index (χ1n) is 4.98. The SMILES string of the molecule is NC(=O)C1COCCN1c1ccccc1. The van der Waals surface area contributed by atoms with Crippen LogP contribution in [0.25, 0.3) is 0 Å². The predicted octanol–water partition coefficient (Wildman–Crippen LogP) is 0.377. The van der Waals surface area contributed by atoms with Crippen molar-refractivity contribution in [2.45, 2.75) is 6.04 Å². The van der Waals surface area contributed by atoms with Gasteiger partial charge in [0, 0.05) is 12.2 Å². The number of anilines is 1. The van der Waals surface area contributed by atoms with Crippen molar-refractivity contribution in [1.29, 1.82) is 0 Å². The van der Waals surface area contributed by atoms with E-state index in [9.17, 15) is 4.79 Å². The maximum Gasteiger partial charge on any atom is 0.242 e. The van der Waals surface area contributed by atoms with Crippen molar-refractivity contribution >= 4 is 11.6 Å². The molecule has 1 heterocycles. The Hall–Kier alpha value is -1.55. The Balaban J connectivity index is 2.22. The number of carbonyl (C=O) groups is 1. The number of morpholine rings is 1.